The summed E-state index contributed by atoms with van der Waals surface area (Å²) >= 11 is 0. The largest absolute Gasteiger partial charge is 0.468 e. The maximum absolute atomic E-state index is 14.0. The second-order valence-electron chi connectivity index (χ2n) is 36.8. The molecule has 4 unspecified atom stereocenters. The van der Waals surface area contributed by atoms with Crippen LogP contribution < -0.4 is 56.8 Å². The molecule has 34 heteroatoms. The number of aromatic amines is 1. The number of H-pyrrole nitrogens is 1. The fraction of sp³-hybridized carbons (Fsp3) is 0.515. The van der Waals surface area contributed by atoms with Gasteiger partial charge in [-0.1, -0.05) is 75.4 Å². The van der Waals surface area contributed by atoms with Gasteiger partial charge in [0.05, 0.1) is 77.3 Å². The van der Waals surface area contributed by atoms with Crippen LogP contribution >= 0.6 is 0 Å². The third kappa shape index (κ3) is 19.8. The van der Waals surface area contributed by atoms with Gasteiger partial charge in [0.15, 0.2) is 5.88 Å². The maximum atomic E-state index is 14.0. The van der Waals surface area contributed by atoms with E-state index in [2.05, 4.69) is 142 Å². The van der Waals surface area contributed by atoms with Crippen molar-refractivity contribution < 1.29 is 44.9 Å². The Labute approximate surface area is 788 Å². The Kier molecular flexibility index (Phi) is 28.1. The van der Waals surface area contributed by atoms with E-state index < -0.39 is 43.2 Å². The molecule has 5 aromatic heterocycles. The number of aryl methyl sites for hydroxylation is 5. The van der Waals surface area contributed by atoms with Crippen molar-refractivity contribution in [3.63, 3.8) is 0 Å². The molecule has 8 fully saturated rings. The van der Waals surface area contributed by atoms with E-state index in [-0.39, 0.29) is 30.4 Å². The fourth-order valence-corrected chi connectivity index (χ4v) is 26.6. The molecule has 9 aromatic rings. The number of benzene rings is 4. The molecule has 4 aromatic carbocycles. The van der Waals surface area contributed by atoms with E-state index in [1.54, 1.807) is 6.07 Å². The summed E-state index contributed by atoms with van der Waals surface area (Å²) in [5.41, 5.74) is 13.7. The van der Waals surface area contributed by atoms with E-state index >= 15 is 0 Å². The van der Waals surface area contributed by atoms with Crippen LogP contribution in [-0.2, 0) is 110 Å². The quantitative estimate of drug-likeness (QED) is 0.0442. The Hall–Kier alpha value is -10.3. The monoisotopic (exact) mass is 1880 g/mol. The Bertz CT molecular complexity index is 5730. The van der Waals surface area contributed by atoms with Gasteiger partial charge in [-0.2, -0.15) is 19.9 Å². The number of piperidine rings is 4. The second-order valence-corrected chi connectivity index (χ2v) is 42.8. The van der Waals surface area contributed by atoms with Gasteiger partial charge in [-0.05, 0) is 168 Å². The predicted molar refractivity (Wildman–Crippen MR) is 524 cm³/mol. The summed E-state index contributed by atoms with van der Waals surface area (Å²) < 4.78 is 93.0. The van der Waals surface area contributed by atoms with Crippen molar-refractivity contribution in [2.45, 2.75) is 216 Å². The van der Waals surface area contributed by atoms with Crippen LogP contribution in [0.5, 0.6) is 0 Å². The summed E-state index contributed by atoms with van der Waals surface area (Å²) in [6, 6.07) is 31.4. The van der Waals surface area contributed by atoms with E-state index in [0.717, 1.165) is 363 Å². The van der Waals surface area contributed by atoms with Crippen LogP contribution in [0.3, 0.4) is 0 Å². The van der Waals surface area contributed by atoms with Gasteiger partial charge in [-0.3, -0.25) is 16.8 Å². The maximum Gasteiger partial charge on any atom is 0.227 e. The molecule has 29 nitrogen and oxygen atoms in total. The van der Waals surface area contributed by atoms with Crippen molar-refractivity contribution in [2.75, 3.05) is 180 Å². The molecule has 704 valence electrons. The van der Waals surface area contributed by atoms with Gasteiger partial charge in [-0.15, -0.1) is 6.42 Å². The lowest BCUT2D eigenvalue weighted by atomic mass is 9.79. The highest BCUT2D eigenvalue weighted by Gasteiger charge is 2.46. The number of ether oxygens (including phenoxy) is 5. The van der Waals surface area contributed by atoms with Crippen molar-refractivity contribution in [3.05, 3.63) is 178 Å². The molecular formula is C99H123FN20O9S4. The zero-order chi connectivity index (χ0) is 90.0. The van der Waals surface area contributed by atoms with E-state index in [9.17, 15) is 21.2 Å². The lowest BCUT2D eigenvalue weighted by Crippen LogP contribution is -2.54. The van der Waals surface area contributed by atoms with Gasteiger partial charge in [-0.25, -0.2) is 24.3 Å². The van der Waals surface area contributed by atoms with Crippen LogP contribution in [0.25, 0.3) is 10.9 Å². The van der Waals surface area contributed by atoms with Crippen molar-refractivity contribution in [1.29, 1.82) is 0 Å². The number of terminal acetylenes is 1. The molecule has 8 N–H and O–H groups in total. The van der Waals surface area contributed by atoms with Crippen LogP contribution in [0.4, 0.5) is 62.8 Å². The molecule has 19 heterocycles. The molecule has 0 saturated carbocycles. The molecule has 14 aliphatic rings. The third-order valence-electron chi connectivity index (χ3n) is 28.6. The first-order valence-electron chi connectivity index (χ1n) is 47.5. The lowest BCUT2D eigenvalue weighted by molar-refractivity contribution is -0.0257. The highest BCUT2D eigenvalue weighted by Crippen LogP contribution is 2.48. The topological polar surface area (TPSA) is 331 Å². The SMILES string of the molecule is C.C#Cc1ccc(C2CCN(c3nc4c(c(NC5CCOCC5)n3)S(=O)CC4)CC2)cc1.C=C1Nc2ccccc2C2(CCN(c3nc4c(c(NC5CCOCC5)n3)S(=O)CC4)CC2)N1.C=C1Nc2ccccc2C2(CCN(c3nc4c(c(NC5CCOCC5)n3)S(=O)CC4)CC2)O1.CCc1[nH]c2ccc(F)cc2c1C1CCN(c2nc3c(c(NC4CCOCC4)n2)S(=O)CC3)CC1. The summed E-state index contributed by atoms with van der Waals surface area (Å²) in [4.78, 5) is 54.8. The minimum atomic E-state index is -1.04. The molecule has 133 heavy (non-hydrogen) atoms. The van der Waals surface area contributed by atoms with Gasteiger partial charge < -0.3 is 85.5 Å². The number of fused-ring (bicyclic) bond motifs is 9. The number of rotatable bonds is 15. The highest BCUT2D eigenvalue weighted by atomic mass is 32.2. The minimum Gasteiger partial charge on any atom is -0.468 e. The highest BCUT2D eigenvalue weighted by molar-refractivity contribution is 7.86. The molecular weight excluding hydrogens is 1760 g/mol. The van der Waals surface area contributed by atoms with Gasteiger partial charge in [0.25, 0.3) is 0 Å². The van der Waals surface area contributed by atoms with E-state index in [1.165, 1.54) is 34.0 Å². The number of hydrogen-bond donors (Lipinski definition) is 8. The van der Waals surface area contributed by atoms with Crippen LogP contribution in [0, 0.1) is 18.2 Å². The molecule has 0 bridgehead atoms. The van der Waals surface area contributed by atoms with E-state index in [0.29, 0.717) is 58.9 Å². The van der Waals surface area contributed by atoms with Crippen molar-refractivity contribution in [3.8, 4) is 12.3 Å². The van der Waals surface area contributed by atoms with Crippen LogP contribution in [0.15, 0.2) is 135 Å². The molecule has 0 aliphatic carbocycles. The zero-order valence-corrected chi connectivity index (χ0v) is 78.4. The summed E-state index contributed by atoms with van der Waals surface area (Å²) in [6.07, 6.45) is 24.4. The van der Waals surface area contributed by atoms with E-state index in [4.69, 9.17) is 70.0 Å². The molecule has 0 radical (unpaired) electrons. The molecule has 14 aliphatic heterocycles. The molecule has 0 amide bonds. The van der Waals surface area contributed by atoms with Crippen molar-refractivity contribution in [1.82, 2.24) is 50.2 Å². The van der Waals surface area contributed by atoms with Crippen molar-refractivity contribution in [2.24, 2.45) is 0 Å². The number of nitrogens with zero attached hydrogens (tertiary/aromatic N) is 12. The number of para-hydroxylation sites is 2. The van der Waals surface area contributed by atoms with Gasteiger partial charge in [0.2, 0.25) is 23.8 Å². The van der Waals surface area contributed by atoms with Gasteiger partial charge >= 0.3 is 0 Å². The third-order valence-corrected chi connectivity index (χ3v) is 34.4. The minimum absolute atomic E-state index is 0. The zero-order valence-electron chi connectivity index (χ0n) is 75.2. The van der Waals surface area contributed by atoms with Crippen LogP contribution in [-0.4, -0.2) is 214 Å². The fourth-order valence-electron chi connectivity index (χ4n) is 21.4. The standard InChI is InChI=1S/C26H32FN5O2S.C24H30N6O2S.C24H29N5O3S.C24H28N4O2S.CH4/c1-2-20-23(19-15-17(27)3-4-21(19)29-20)16-5-10-32(11-6-16)26-30-22-9-14-35(33)24(22)25(31-26)28-18-7-12-34-13-8-18;1-16-25-19-5-3-2-4-18(19)24(29-16)9-11-30(12-10-24)23-27-20-8-15-33(31)21(20)22(28-23)26-17-6-13-32-14-7-17;1-16-25-19-5-3-2-4-18(19)24(32-16)9-11-29(12-10-24)23-27-20-8-15-33(30)21(20)22(28-23)26-17-6-13-31-14-7-17;1-2-17-3-5-18(6-4-17)19-7-12-28(13-8-19)24-26-21-11-16-31(29)22(21)23(27-24)25-20-9-14-30-15-10-20;/h3-4,15-16,18,29H,2,5-14H2,1H3,(H,28,30,31);2-5,17,25,29H,1,6-15H2,(H,26,27,28);2-5,17,25H,1,6-15H2,(H,26,27,28);1,3-6,19-20H,7-16H2,(H,25,26,27);1H4. The summed E-state index contributed by atoms with van der Waals surface area (Å²) in [5, 5.41) is 25.6. The molecule has 23 rings (SSSR count). The number of anilines is 10. The summed E-state index contributed by atoms with van der Waals surface area (Å²) in [6.45, 7) is 23.1. The Morgan fingerprint density at radius 1 is 0.474 bits per heavy atom. The first-order valence-corrected chi connectivity index (χ1v) is 52.8. The second kappa shape index (κ2) is 40.7. The number of halogens is 1. The summed E-state index contributed by atoms with van der Waals surface area (Å²) in [7, 11) is -4.12. The average molecular weight is 1880 g/mol. The number of nitrogens with one attached hydrogen (secondary N) is 8. The number of hydrogen-bond acceptors (Lipinski definition) is 28. The molecule has 4 atom stereocenters. The Balaban J connectivity index is 0.000000114. The summed E-state index contributed by atoms with van der Waals surface area (Å²) in [5.74, 6) is 13.4. The van der Waals surface area contributed by atoms with Crippen LogP contribution in [0.1, 0.15) is 185 Å². The first-order chi connectivity index (χ1) is 64.5. The van der Waals surface area contributed by atoms with Gasteiger partial charge in [0.1, 0.15) is 54.3 Å². The lowest BCUT2D eigenvalue weighted by Gasteiger charge is -2.47. The van der Waals surface area contributed by atoms with E-state index in [1.807, 2.05) is 24.3 Å². The van der Waals surface area contributed by atoms with Gasteiger partial charge in [0, 0.05) is 236 Å². The van der Waals surface area contributed by atoms with Crippen LogP contribution in [0.2, 0.25) is 0 Å². The predicted octanol–water partition coefficient (Wildman–Crippen LogP) is 13.9. The average Bonchev–Trinajstić information content (AvgIpc) is 1.64. The Morgan fingerprint density at radius 3 is 1.27 bits per heavy atom. The molecule has 8 saturated heterocycles. The molecule has 2 spiro atoms. The Morgan fingerprint density at radius 2 is 0.857 bits per heavy atom. The number of aromatic nitrogens is 9. The van der Waals surface area contributed by atoms with Crippen molar-refractivity contribution >= 4 is 113 Å². The first kappa shape index (κ1) is 91.8. The smallest absolute Gasteiger partial charge is 0.227 e. The normalized spacial score (nSPS) is 22.8.